The van der Waals surface area contributed by atoms with Crippen molar-refractivity contribution < 1.29 is 9.21 Å². The molecule has 142 valence electrons. The third-order valence-corrected chi connectivity index (χ3v) is 3.21. The minimum atomic E-state index is -0.323. The van der Waals surface area contributed by atoms with Crippen molar-refractivity contribution in [1.29, 1.82) is 0 Å². The number of carbonyl (C=O) groups is 1. The number of aromatic nitrogens is 4. The third-order valence-electron chi connectivity index (χ3n) is 3.21. The van der Waals surface area contributed by atoms with Gasteiger partial charge in [0.1, 0.15) is 5.82 Å². The van der Waals surface area contributed by atoms with E-state index in [1.165, 1.54) is 6.20 Å². The molecule has 0 aliphatic carbocycles. The van der Waals surface area contributed by atoms with Gasteiger partial charge in [0.15, 0.2) is 0 Å². The van der Waals surface area contributed by atoms with Crippen molar-refractivity contribution >= 4 is 23.8 Å². The summed E-state index contributed by atoms with van der Waals surface area (Å²) < 4.78 is 5.41. The zero-order chi connectivity index (χ0) is 19.1. The predicted octanol–water partition coefficient (Wildman–Crippen LogP) is 1.28. The van der Waals surface area contributed by atoms with E-state index in [1.54, 1.807) is 0 Å². The highest BCUT2D eigenvalue weighted by molar-refractivity contribution is 5.91. The summed E-state index contributed by atoms with van der Waals surface area (Å²) in [6.07, 6.45) is 2.02. The molecule has 0 aliphatic heterocycles. The second-order valence-corrected chi connectivity index (χ2v) is 6.27. The molecule has 0 saturated carbocycles. The van der Waals surface area contributed by atoms with Crippen molar-refractivity contribution in [3.63, 3.8) is 0 Å². The zero-order valence-corrected chi connectivity index (χ0v) is 15.8. The second kappa shape index (κ2) is 9.09. The fourth-order valence-electron chi connectivity index (χ4n) is 1.97. The van der Waals surface area contributed by atoms with Gasteiger partial charge < -0.3 is 20.0 Å². The summed E-state index contributed by atoms with van der Waals surface area (Å²) in [5.41, 5.74) is 0. The van der Waals surface area contributed by atoms with Gasteiger partial charge in [-0.05, 0) is 27.9 Å². The molecular weight excluding hydrogens is 336 g/mol. The second-order valence-electron chi connectivity index (χ2n) is 6.27. The molecule has 0 atom stereocenters. The molecule has 1 amide bonds. The van der Waals surface area contributed by atoms with Crippen LogP contribution in [0.25, 0.3) is 0 Å². The van der Waals surface area contributed by atoms with Crippen molar-refractivity contribution in [3.8, 4) is 0 Å². The average molecular weight is 362 g/mol. The first-order valence-corrected chi connectivity index (χ1v) is 8.54. The monoisotopic (exact) mass is 362 g/mol. The Labute approximate surface area is 152 Å². The van der Waals surface area contributed by atoms with Gasteiger partial charge in [0.25, 0.3) is 5.91 Å². The zero-order valence-electron chi connectivity index (χ0n) is 15.8. The smallest absolute Gasteiger partial charge is 0.302 e. The highest BCUT2D eigenvalue weighted by atomic mass is 16.4. The number of nitrogens with one attached hydrogen (secondary N) is 3. The number of rotatable bonds is 9. The molecule has 2 aromatic rings. The van der Waals surface area contributed by atoms with Crippen molar-refractivity contribution in [3.05, 3.63) is 17.8 Å². The van der Waals surface area contributed by atoms with E-state index in [9.17, 15) is 4.79 Å². The molecular formula is C16H26N8O2. The lowest BCUT2D eigenvalue weighted by Gasteiger charge is -2.11. The van der Waals surface area contributed by atoms with Crippen LogP contribution in [0.1, 0.15) is 37.2 Å². The first-order chi connectivity index (χ1) is 12.4. The predicted molar refractivity (Wildman–Crippen MR) is 98.6 cm³/mol. The van der Waals surface area contributed by atoms with E-state index in [0.717, 1.165) is 6.54 Å². The summed E-state index contributed by atoms with van der Waals surface area (Å²) >= 11 is 0. The summed E-state index contributed by atoms with van der Waals surface area (Å²) in [4.78, 5) is 31.0. The Balaban J connectivity index is 2.08. The number of anilines is 3. The fourth-order valence-corrected chi connectivity index (χ4v) is 1.97. The maximum absolute atomic E-state index is 11.9. The Hall–Kier alpha value is -2.75. The number of hydrogen-bond donors (Lipinski definition) is 3. The van der Waals surface area contributed by atoms with Gasteiger partial charge in [0.2, 0.25) is 17.7 Å². The van der Waals surface area contributed by atoms with E-state index in [2.05, 4.69) is 40.8 Å². The van der Waals surface area contributed by atoms with Gasteiger partial charge in [-0.25, -0.2) is 4.98 Å². The molecule has 10 heteroatoms. The number of hydrogen-bond acceptors (Lipinski definition) is 9. The van der Waals surface area contributed by atoms with Gasteiger partial charge in [0.05, 0.1) is 6.20 Å². The summed E-state index contributed by atoms with van der Waals surface area (Å²) in [5.74, 6) is 1.22. The van der Waals surface area contributed by atoms with Gasteiger partial charge in [-0.15, -0.1) is 0 Å². The SMILES string of the molecule is CCc1nc(NCCN(C)C)nc(Nc2ncc(C(=O)NC(C)C)o2)n1. The van der Waals surface area contributed by atoms with Crippen molar-refractivity contribution in [1.82, 2.24) is 30.2 Å². The quantitative estimate of drug-likeness (QED) is 0.605. The van der Waals surface area contributed by atoms with Gasteiger partial charge in [-0.3, -0.25) is 10.1 Å². The molecule has 26 heavy (non-hydrogen) atoms. The van der Waals surface area contributed by atoms with Crippen LogP contribution in [0.2, 0.25) is 0 Å². The van der Waals surface area contributed by atoms with Crippen LogP contribution in [0, 0.1) is 0 Å². The minimum absolute atomic E-state index is 0.00968. The van der Waals surface area contributed by atoms with E-state index in [1.807, 2.05) is 34.9 Å². The lowest BCUT2D eigenvalue weighted by atomic mass is 10.3. The molecule has 0 fully saturated rings. The molecule has 10 nitrogen and oxygen atoms in total. The van der Waals surface area contributed by atoms with E-state index in [0.29, 0.717) is 30.7 Å². The Kier molecular flexibility index (Phi) is 6.84. The molecule has 3 N–H and O–H groups in total. The summed E-state index contributed by atoms with van der Waals surface area (Å²) in [6, 6.07) is 0.154. The molecule has 0 saturated heterocycles. The van der Waals surface area contributed by atoms with Gasteiger partial charge in [-0.1, -0.05) is 6.92 Å². The number of amides is 1. The highest BCUT2D eigenvalue weighted by Gasteiger charge is 2.14. The van der Waals surface area contributed by atoms with Crippen LogP contribution in [0.4, 0.5) is 17.9 Å². The minimum Gasteiger partial charge on any atom is -0.418 e. The normalized spacial score (nSPS) is 11.0. The summed E-state index contributed by atoms with van der Waals surface area (Å²) in [5, 5.41) is 8.78. The van der Waals surface area contributed by atoms with Crippen LogP contribution in [0.5, 0.6) is 0 Å². The van der Waals surface area contributed by atoms with Crippen LogP contribution < -0.4 is 16.0 Å². The summed E-state index contributed by atoms with van der Waals surface area (Å²) in [7, 11) is 3.99. The van der Waals surface area contributed by atoms with Crippen molar-refractivity contribution in [2.45, 2.75) is 33.2 Å². The highest BCUT2D eigenvalue weighted by Crippen LogP contribution is 2.15. The average Bonchev–Trinajstić information content (AvgIpc) is 3.02. The van der Waals surface area contributed by atoms with Gasteiger partial charge in [0, 0.05) is 25.6 Å². The van der Waals surface area contributed by atoms with E-state index in [-0.39, 0.29) is 23.7 Å². The van der Waals surface area contributed by atoms with Crippen LogP contribution >= 0.6 is 0 Å². The topological polar surface area (TPSA) is 121 Å². The van der Waals surface area contributed by atoms with Crippen molar-refractivity contribution in [2.24, 2.45) is 0 Å². The summed E-state index contributed by atoms with van der Waals surface area (Å²) in [6.45, 7) is 7.26. The van der Waals surface area contributed by atoms with Crippen LogP contribution in [0.15, 0.2) is 10.6 Å². The number of oxazole rings is 1. The Morgan fingerprint density at radius 3 is 2.62 bits per heavy atom. The molecule has 2 heterocycles. The van der Waals surface area contributed by atoms with Gasteiger partial charge >= 0.3 is 6.01 Å². The molecule has 2 aromatic heterocycles. The molecule has 0 aromatic carbocycles. The number of aryl methyl sites for hydroxylation is 1. The third kappa shape index (κ3) is 5.96. The molecule has 0 bridgehead atoms. The number of likely N-dealkylation sites (N-methyl/N-ethyl adjacent to an activating group) is 1. The van der Waals surface area contributed by atoms with Gasteiger partial charge in [-0.2, -0.15) is 15.0 Å². The molecule has 0 aliphatic rings. The fraction of sp³-hybridized carbons (Fsp3) is 0.562. The molecule has 0 unspecified atom stereocenters. The lowest BCUT2D eigenvalue weighted by Crippen LogP contribution is -2.29. The maximum Gasteiger partial charge on any atom is 0.302 e. The van der Waals surface area contributed by atoms with Crippen molar-refractivity contribution in [2.75, 3.05) is 37.8 Å². The Bertz CT molecular complexity index is 729. The maximum atomic E-state index is 11.9. The Morgan fingerprint density at radius 2 is 1.96 bits per heavy atom. The van der Waals surface area contributed by atoms with Crippen LogP contribution in [-0.2, 0) is 6.42 Å². The first kappa shape index (κ1) is 19.6. The van der Waals surface area contributed by atoms with E-state index in [4.69, 9.17) is 4.42 Å². The molecule has 0 radical (unpaired) electrons. The lowest BCUT2D eigenvalue weighted by molar-refractivity contribution is 0.0916. The number of carbonyl (C=O) groups excluding carboxylic acids is 1. The number of nitrogens with zero attached hydrogens (tertiary/aromatic N) is 5. The van der Waals surface area contributed by atoms with Crippen LogP contribution in [0.3, 0.4) is 0 Å². The first-order valence-electron chi connectivity index (χ1n) is 8.54. The van der Waals surface area contributed by atoms with E-state index < -0.39 is 0 Å². The molecule has 0 spiro atoms. The van der Waals surface area contributed by atoms with Crippen LogP contribution in [-0.4, -0.2) is 64.0 Å². The molecule has 2 rings (SSSR count). The Morgan fingerprint density at radius 1 is 1.23 bits per heavy atom. The largest absolute Gasteiger partial charge is 0.418 e. The standard InChI is InChI=1S/C16H26N8O2/c1-6-12-20-14(17-7-8-24(4)5)22-15(21-12)23-16-18-9-11(26-16)13(25)19-10(2)3/h9-10H,6-8H2,1-5H3,(H,19,25)(H2,17,18,20,21,22,23). The van der Waals surface area contributed by atoms with E-state index >= 15 is 0 Å².